The van der Waals surface area contributed by atoms with Crippen molar-refractivity contribution < 1.29 is 4.74 Å². The van der Waals surface area contributed by atoms with E-state index in [0.29, 0.717) is 6.04 Å². The minimum absolute atomic E-state index is 0.291. The van der Waals surface area contributed by atoms with Gasteiger partial charge in [-0.15, -0.1) is 0 Å². The zero-order valence-corrected chi connectivity index (χ0v) is 12.5. The maximum absolute atomic E-state index is 6.19. The van der Waals surface area contributed by atoms with Crippen LogP contribution < -0.4 is 10.5 Å². The Morgan fingerprint density at radius 1 is 1.00 bits per heavy atom. The van der Waals surface area contributed by atoms with Crippen molar-refractivity contribution in [3.05, 3.63) is 29.8 Å². The highest BCUT2D eigenvalue weighted by Gasteiger charge is 2.04. The predicted molar refractivity (Wildman–Crippen MR) is 82.7 cm³/mol. The predicted octanol–water partition coefficient (Wildman–Crippen LogP) is 4.32. The Morgan fingerprint density at radius 2 is 1.63 bits per heavy atom. The van der Waals surface area contributed by atoms with Gasteiger partial charge in [0, 0.05) is 6.04 Å². The summed E-state index contributed by atoms with van der Waals surface area (Å²) >= 11 is 0. The van der Waals surface area contributed by atoms with Crippen molar-refractivity contribution in [1.82, 2.24) is 0 Å². The maximum Gasteiger partial charge on any atom is 0.118 e. The van der Waals surface area contributed by atoms with Crippen LogP contribution in [0, 0.1) is 0 Å². The van der Waals surface area contributed by atoms with Crippen LogP contribution in [0.1, 0.15) is 57.4 Å². The quantitative estimate of drug-likeness (QED) is 0.638. The molecule has 0 aromatic heterocycles. The summed E-state index contributed by atoms with van der Waals surface area (Å²) in [5.74, 6) is 0.910. The number of benzene rings is 1. The molecule has 0 spiro atoms. The van der Waals surface area contributed by atoms with Gasteiger partial charge in [-0.2, -0.15) is 0 Å². The lowest BCUT2D eigenvalue weighted by Crippen LogP contribution is -2.22. The number of hydrogen-bond donors (Lipinski definition) is 1. The number of hydrogen-bond acceptors (Lipinski definition) is 2. The molecule has 0 radical (unpaired) electrons. The molecule has 1 atom stereocenters. The molecule has 2 heteroatoms. The normalized spacial score (nSPS) is 12.4. The Morgan fingerprint density at radius 3 is 2.26 bits per heavy atom. The van der Waals surface area contributed by atoms with Crippen molar-refractivity contribution in [2.75, 3.05) is 7.11 Å². The van der Waals surface area contributed by atoms with Crippen molar-refractivity contribution in [2.45, 2.75) is 64.3 Å². The second kappa shape index (κ2) is 9.85. The molecule has 0 aliphatic carbocycles. The molecule has 19 heavy (non-hydrogen) atoms. The van der Waals surface area contributed by atoms with Crippen LogP contribution in [0.4, 0.5) is 0 Å². The molecule has 1 rings (SSSR count). The minimum atomic E-state index is 0.291. The number of unbranched alkanes of at least 4 members (excludes halogenated alkanes) is 5. The van der Waals surface area contributed by atoms with Crippen molar-refractivity contribution in [2.24, 2.45) is 5.73 Å². The molecule has 2 N–H and O–H groups in total. The second-order valence-corrected chi connectivity index (χ2v) is 5.37. The van der Waals surface area contributed by atoms with Crippen LogP contribution in [0.25, 0.3) is 0 Å². The van der Waals surface area contributed by atoms with E-state index in [1.165, 1.54) is 44.1 Å². The highest BCUT2D eigenvalue weighted by Crippen LogP contribution is 2.14. The molecule has 0 aliphatic rings. The molecule has 0 saturated carbocycles. The number of nitrogens with two attached hydrogens (primary N) is 1. The number of methoxy groups -OCH3 is 1. The Labute approximate surface area is 118 Å². The highest BCUT2D eigenvalue weighted by atomic mass is 16.5. The third-order valence-electron chi connectivity index (χ3n) is 3.59. The molecule has 2 nitrogen and oxygen atoms in total. The average molecular weight is 263 g/mol. The smallest absolute Gasteiger partial charge is 0.118 e. The molecular weight excluding hydrogens is 234 g/mol. The first-order chi connectivity index (χ1) is 9.26. The summed E-state index contributed by atoms with van der Waals surface area (Å²) < 4.78 is 5.15. The Kier molecular flexibility index (Phi) is 8.31. The van der Waals surface area contributed by atoms with E-state index in [4.69, 9.17) is 10.5 Å². The first-order valence-electron chi connectivity index (χ1n) is 7.64. The summed E-state index contributed by atoms with van der Waals surface area (Å²) in [6.45, 7) is 2.25. The van der Waals surface area contributed by atoms with Gasteiger partial charge in [-0.3, -0.25) is 0 Å². The maximum atomic E-state index is 6.19. The van der Waals surface area contributed by atoms with Gasteiger partial charge in [-0.1, -0.05) is 57.6 Å². The molecule has 0 amide bonds. The van der Waals surface area contributed by atoms with Gasteiger partial charge in [-0.05, 0) is 30.5 Å². The van der Waals surface area contributed by atoms with Crippen LogP contribution in [0.2, 0.25) is 0 Å². The standard InChI is InChI=1S/C17H29NO/c1-3-4-5-6-7-8-9-16(18)14-15-10-12-17(19-2)13-11-15/h10-13,16H,3-9,14,18H2,1-2H3. The van der Waals surface area contributed by atoms with E-state index >= 15 is 0 Å². The van der Waals surface area contributed by atoms with Crippen LogP contribution in [0.15, 0.2) is 24.3 Å². The third kappa shape index (κ3) is 7.22. The minimum Gasteiger partial charge on any atom is -0.497 e. The SMILES string of the molecule is CCCCCCCCC(N)Cc1ccc(OC)cc1. The van der Waals surface area contributed by atoms with Gasteiger partial charge in [-0.25, -0.2) is 0 Å². The van der Waals surface area contributed by atoms with Gasteiger partial charge in [0.2, 0.25) is 0 Å². The fraction of sp³-hybridized carbons (Fsp3) is 0.647. The first-order valence-corrected chi connectivity index (χ1v) is 7.64. The summed E-state index contributed by atoms with van der Waals surface area (Å²) in [6.07, 6.45) is 10.1. The summed E-state index contributed by atoms with van der Waals surface area (Å²) in [6, 6.07) is 8.53. The van der Waals surface area contributed by atoms with Crippen LogP contribution in [0.3, 0.4) is 0 Å². The first kappa shape index (κ1) is 16.0. The zero-order valence-electron chi connectivity index (χ0n) is 12.5. The molecule has 108 valence electrons. The summed E-state index contributed by atoms with van der Waals surface area (Å²) in [4.78, 5) is 0. The van der Waals surface area contributed by atoms with Crippen molar-refractivity contribution in [1.29, 1.82) is 0 Å². The van der Waals surface area contributed by atoms with Gasteiger partial charge in [0.15, 0.2) is 0 Å². The van der Waals surface area contributed by atoms with Gasteiger partial charge >= 0.3 is 0 Å². The van der Waals surface area contributed by atoms with Crippen LogP contribution in [-0.2, 0) is 6.42 Å². The monoisotopic (exact) mass is 263 g/mol. The Bertz CT molecular complexity index is 321. The average Bonchev–Trinajstić information content (AvgIpc) is 2.43. The highest BCUT2D eigenvalue weighted by molar-refractivity contribution is 5.27. The molecule has 1 aromatic carbocycles. The van der Waals surface area contributed by atoms with E-state index in [1.54, 1.807) is 7.11 Å². The molecule has 1 unspecified atom stereocenters. The molecular formula is C17H29NO. The van der Waals surface area contributed by atoms with Crippen molar-refractivity contribution >= 4 is 0 Å². The van der Waals surface area contributed by atoms with E-state index in [2.05, 4.69) is 19.1 Å². The van der Waals surface area contributed by atoms with Gasteiger partial charge in [0.1, 0.15) is 5.75 Å². The zero-order chi connectivity index (χ0) is 13.9. The van der Waals surface area contributed by atoms with Gasteiger partial charge < -0.3 is 10.5 Å². The fourth-order valence-electron chi connectivity index (χ4n) is 2.35. The Hall–Kier alpha value is -1.02. The third-order valence-corrected chi connectivity index (χ3v) is 3.59. The van der Waals surface area contributed by atoms with E-state index in [-0.39, 0.29) is 0 Å². The van der Waals surface area contributed by atoms with Crippen LogP contribution in [0.5, 0.6) is 5.75 Å². The molecule has 1 aromatic rings. The van der Waals surface area contributed by atoms with E-state index in [9.17, 15) is 0 Å². The molecule has 0 heterocycles. The summed E-state index contributed by atoms with van der Waals surface area (Å²) in [7, 11) is 1.69. The van der Waals surface area contributed by atoms with Crippen molar-refractivity contribution in [3.63, 3.8) is 0 Å². The molecule has 0 bridgehead atoms. The van der Waals surface area contributed by atoms with Crippen LogP contribution in [-0.4, -0.2) is 13.2 Å². The van der Waals surface area contributed by atoms with E-state index in [1.807, 2.05) is 12.1 Å². The lowest BCUT2D eigenvalue weighted by atomic mass is 10.0. The second-order valence-electron chi connectivity index (χ2n) is 5.37. The van der Waals surface area contributed by atoms with E-state index < -0.39 is 0 Å². The van der Waals surface area contributed by atoms with Crippen LogP contribution >= 0.6 is 0 Å². The van der Waals surface area contributed by atoms with Gasteiger partial charge in [0.25, 0.3) is 0 Å². The van der Waals surface area contributed by atoms with E-state index in [0.717, 1.165) is 18.6 Å². The number of rotatable bonds is 10. The lowest BCUT2D eigenvalue weighted by molar-refractivity contribution is 0.414. The number of ether oxygens (including phenoxy) is 1. The largest absolute Gasteiger partial charge is 0.497 e. The summed E-state index contributed by atoms with van der Waals surface area (Å²) in [5.41, 5.74) is 7.49. The van der Waals surface area contributed by atoms with Crippen molar-refractivity contribution in [3.8, 4) is 5.75 Å². The molecule has 0 fully saturated rings. The lowest BCUT2D eigenvalue weighted by Gasteiger charge is -2.12. The van der Waals surface area contributed by atoms with Gasteiger partial charge in [0.05, 0.1) is 7.11 Å². The molecule has 0 saturated heterocycles. The molecule has 0 aliphatic heterocycles. The summed E-state index contributed by atoms with van der Waals surface area (Å²) in [5, 5.41) is 0. The topological polar surface area (TPSA) is 35.2 Å². The Balaban J connectivity index is 2.14. The fourth-order valence-corrected chi connectivity index (χ4v) is 2.35.